The zero-order valence-corrected chi connectivity index (χ0v) is 21.8. The average molecular weight is 531 g/mol. The number of methoxy groups -OCH3 is 1. The van der Waals surface area contributed by atoms with Crippen LogP contribution in [0.5, 0.6) is 5.75 Å². The van der Waals surface area contributed by atoms with E-state index in [1.807, 2.05) is 11.8 Å². The first-order valence-corrected chi connectivity index (χ1v) is 12.7. The number of nitrogens with zero attached hydrogens (tertiary/aromatic N) is 3. The summed E-state index contributed by atoms with van der Waals surface area (Å²) in [5.74, 6) is 0.0793. The maximum Gasteiger partial charge on any atom is 0.322 e. The lowest BCUT2D eigenvalue weighted by atomic mass is 10.1. The minimum Gasteiger partial charge on any atom is -0.495 e. The number of amides is 3. The highest BCUT2D eigenvalue weighted by atomic mass is 35.5. The number of halogens is 2. The summed E-state index contributed by atoms with van der Waals surface area (Å²) in [6, 6.07) is 9.58. The van der Waals surface area contributed by atoms with Crippen LogP contribution < -0.4 is 10.1 Å². The number of morpholine rings is 1. The summed E-state index contributed by atoms with van der Waals surface area (Å²) >= 11 is 6.32. The molecule has 8 nitrogen and oxygen atoms in total. The SMILES string of the molecule is COc1cc(C=CC(=O)N2CCN(Cc3ccc(F)cc3)C[C@H]2C)c(NC(=O)N2CCOCC2)cc1Cl. The Balaban J connectivity index is 1.42. The van der Waals surface area contributed by atoms with Gasteiger partial charge in [0.1, 0.15) is 11.6 Å². The molecule has 37 heavy (non-hydrogen) atoms. The highest BCUT2D eigenvalue weighted by Crippen LogP contribution is 2.32. The molecule has 0 unspecified atom stereocenters. The van der Waals surface area contributed by atoms with Gasteiger partial charge in [-0.2, -0.15) is 0 Å². The first-order chi connectivity index (χ1) is 17.8. The van der Waals surface area contributed by atoms with Crippen molar-refractivity contribution < 1.29 is 23.5 Å². The van der Waals surface area contributed by atoms with Crippen molar-refractivity contribution >= 4 is 35.3 Å². The van der Waals surface area contributed by atoms with Crippen molar-refractivity contribution in [1.82, 2.24) is 14.7 Å². The quantitative estimate of drug-likeness (QED) is 0.569. The Kier molecular flexibility index (Phi) is 9.02. The lowest BCUT2D eigenvalue weighted by Crippen LogP contribution is -2.53. The number of carbonyl (C=O) groups is 2. The average Bonchev–Trinajstić information content (AvgIpc) is 2.90. The van der Waals surface area contributed by atoms with E-state index in [4.69, 9.17) is 21.1 Å². The second kappa shape index (κ2) is 12.4. The van der Waals surface area contributed by atoms with Gasteiger partial charge in [-0.1, -0.05) is 23.7 Å². The van der Waals surface area contributed by atoms with E-state index < -0.39 is 0 Å². The Labute approximate surface area is 221 Å². The van der Waals surface area contributed by atoms with Crippen LogP contribution >= 0.6 is 11.6 Å². The Morgan fingerprint density at radius 2 is 1.89 bits per heavy atom. The fourth-order valence-electron chi connectivity index (χ4n) is 4.54. The fraction of sp³-hybridized carbons (Fsp3) is 0.407. The van der Waals surface area contributed by atoms with Crippen molar-refractivity contribution in [2.75, 3.05) is 58.4 Å². The highest BCUT2D eigenvalue weighted by molar-refractivity contribution is 6.32. The van der Waals surface area contributed by atoms with Gasteiger partial charge in [0.2, 0.25) is 5.91 Å². The Morgan fingerprint density at radius 3 is 2.57 bits per heavy atom. The minimum atomic E-state index is -0.253. The first-order valence-electron chi connectivity index (χ1n) is 12.3. The maximum atomic E-state index is 13.2. The van der Waals surface area contributed by atoms with Gasteiger partial charge in [-0.3, -0.25) is 9.69 Å². The molecule has 2 saturated heterocycles. The van der Waals surface area contributed by atoms with Crippen LogP contribution in [0.3, 0.4) is 0 Å². The molecule has 0 bridgehead atoms. The molecule has 2 aromatic carbocycles. The van der Waals surface area contributed by atoms with Crippen LogP contribution in [0.15, 0.2) is 42.5 Å². The van der Waals surface area contributed by atoms with E-state index in [9.17, 15) is 14.0 Å². The van der Waals surface area contributed by atoms with E-state index in [-0.39, 0.29) is 23.8 Å². The molecule has 1 atom stereocenters. The van der Waals surface area contributed by atoms with Crippen LogP contribution in [0.4, 0.5) is 14.9 Å². The number of urea groups is 1. The van der Waals surface area contributed by atoms with E-state index in [0.717, 1.165) is 12.1 Å². The molecule has 1 N–H and O–H groups in total. The zero-order chi connectivity index (χ0) is 26.4. The van der Waals surface area contributed by atoms with E-state index in [0.29, 0.717) is 68.0 Å². The number of carbonyl (C=O) groups excluding carboxylic acids is 2. The number of hydrogen-bond donors (Lipinski definition) is 1. The standard InChI is InChI=1S/C27H32ClFN4O4/c1-19-17-31(18-20-3-6-22(29)7-4-20)9-10-33(19)26(34)8-5-21-15-25(36-2)23(28)16-24(21)30-27(35)32-11-13-37-14-12-32/h3-8,15-16,19H,9-14,17-18H2,1-2H3,(H,30,35)/t19-/m1/s1. The van der Waals surface area contributed by atoms with Crippen LogP contribution in [0.1, 0.15) is 18.1 Å². The highest BCUT2D eigenvalue weighted by Gasteiger charge is 2.26. The van der Waals surface area contributed by atoms with Gasteiger partial charge in [-0.15, -0.1) is 0 Å². The van der Waals surface area contributed by atoms with Gasteiger partial charge in [0.05, 0.1) is 31.0 Å². The van der Waals surface area contributed by atoms with Crippen molar-refractivity contribution in [2.45, 2.75) is 19.5 Å². The molecular formula is C27H32ClFN4O4. The third-order valence-corrected chi connectivity index (χ3v) is 6.88. The van der Waals surface area contributed by atoms with Crippen LogP contribution in [0.2, 0.25) is 5.02 Å². The normalized spacial score (nSPS) is 18.8. The summed E-state index contributed by atoms with van der Waals surface area (Å²) in [7, 11) is 1.51. The molecule has 10 heteroatoms. The summed E-state index contributed by atoms with van der Waals surface area (Å²) in [5, 5.41) is 3.26. The summed E-state index contributed by atoms with van der Waals surface area (Å²) in [6.07, 6.45) is 3.19. The fourth-order valence-corrected chi connectivity index (χ4v) is 4.78. The van der Waals surface area contributed by atoms with Gasteiger partial charge in [-0.05, 0) is 42.8 Å². The number of nitrogens with one attached hydrogen (secondary N) is 1. The summed E-state index contributed by atoms with van der Waals surface area (Å²) in [6.45, 7) is 6.73. The summed E-state index contributed by atoms with van der Waals surface area (Å²) < 4.78 is 23.8. The van der Waals surface area contributed by atoms with Gasteiger partial charge in [-0.25, -0.2) is 9.18 Å². The van der Waals surface area contributed by atoms with Gasteiger partial charge in [0.25, 0.3) is 0 Å². The Bertz CT molecular complexity index is 1140. The molecule has 2 aromatic rings. The molecule has 3 amide bonds. The molecule has 4 rings (SSSR count). The van der Waals surface area contributed by atoms with Crippen molar-refractivity contribution in [1.29, 1.82) is 0 Å². The Hall–Kier alpha value is -3.14. The predicted molar refractivity (Wildman–Crippen MR) is 141 cm³/mol. The second-order valence-electron chi connectivity index (χ2n) is 9.18. The monoisotopic (exact) mass is 530 g/mol. The van der Waals surface area contributed by atoms with Gasteiger partial charge < -0.3 is 24.6 Å². The van der Waals surface area contributed by atoms with Gasteiger partial charge >= 0.3 is 6.03 Å². The smallest absolute Gasteiger partial charge is 0.322 e. The van der Waals surface area contributed by atoms with Gasteiger partial charge in [0, 0.05) is 56.9 Å². The number of benzene rings is 2. The third-order valence-electron chi connectivity index (χ3n) is 6.58. The molecule has 2 fully saturated rings. The molecule has 0 aromatic heterocycles. The van der Waals surface area contributed by atoms with Crippen molar-refractivity contribution in [2.24, 2.45) is 0 Å². The first kappa shape index (κ1) is 26.9. The molecule has 2 aliphatic rings. The second-order valence-corrected chi connectivity index (χ2v) is 9.59. The molecule has 2 heterocycles. The van der Waals surface area contributed by atoms with Crippen molar-refractivity contribution in [3.63, 3.8) is 0 Å². The number of anilines is 1. The van der Waals surface area contributed by atoms with Crippen molar-refractivity contribution in [3.8, 4) is 5.75 Å². The zero-order valence-electron chi connectivity index (χ0n) is 21.1. The number of ether oxygens (including phenoxy) is 2. The topological polar surface area (TPSA) is 74.4 Å². The van der Waals surface area contributed by atoms with E-state index in [2.05, 4.69) is 10.2 Å². The minimum absolute atomic E-state index is 0.00611. The summed E-state index contributed by atoms with van der Waals surface area (Å²) in [4.78, 5) is 31.6. The molecule has 0 aliphatic carbocycles. The number of hydrogen-bond acceptors (Lipinski definition) is 5. The van der Waals surface area contributed by atoms with E-state index in [1.165, 1.54) is 25.3 Å². The van der Waals surface area contributed by atoms with Crippen LogP contribution in [0, 0.1) is 5.82 Å². The number of piperazine rings is 1. The third kappa shape index (κ3) is 7.00. The molecule has 2 aliphatic heterocycles. The molecule has 0 spiro atoms. The predicted octanol–water partition coefficient (Wildman–Crippen LogP) is 4.10. The van der Waals surface area contributed by atoms with Crippen molar-refractivity contribution in [3.05, 3.63) is 64.4 Å². The van der Waals surface area contributed by atoms with E-state index >= 15 is 0 Å². The largest absolute Gasteiger partial charge is 0.495 e. The molecule has 0 radical (unpaired) electrons. The molecule has 198 valence electrons. The summed E-state index contributed by atoms with van der Waals surface area (Å²) in [5.41, 5.74) is 2.14. The lowest BCUT2D eigenvalue weighted by molar-refractivity contribution is -0.130. The molecule has 0 saturated carbocycles. The maximum absolute atomic E-state index is 13.2. The van der Waals surface area contributed by atoms with Crippen LogP contribution in [-0.2, 0) is 16.1 Å². The van der Waals surface area contributed by atoms with Crippen LogP contribution in [0.25, 0.3) is 6.08 Å². The van der Waals surface area contributed by atoms with Gasteiger partial charge in [0.15, 0.2) is 0 Å². The van der Waals surface area contributed by atoms with Crippen LogP contribution in [-0.4, -0.2) is 85.7 Å². The van der Waals surface area contributed by atoms with E-state index in [1.54, 1.807) is 35.2 Å². The lowest BCUT2D eigenvalue weighted by Gasteiger charge is -2.39. The number of rotatable bonds is 6. The molecular weight excluding hydrogens is 499 g/mol. The Morgan fingerprint density at radius 1 is 1.16 bits per heavy atom.